The molecule has 192 valence electrons. The Morgan fingerprint density at radius 1 is 1.22 bits per heavy atom. The third-order valence-electron chi connectivity index (χ3n) is 6.37. The van der Waals surface area contributed by atoms with Crippen molar-refractivity contribution in [1.29, 1.82) is 0 Å². The van der Waals surface area contributed by atoms with Gasteiger partial charge in [0.2, 0.25) is 5.91 Å². The minimum absolute atomic E-state index is 0.164. The highest BCUT2D eigenvalue weighted by molar-refractivity contribution is 14.1. The number of amides is 2. The molecule has 1 fully saturated rings. The number of H-pyrrole nitrogens is 1. The van der Waals surface area contributed by atoms with Crippen molar-refractivity contribution in [2.45, 2.75) is 38.5 Å². The van der Waals surface area contributed by atoms with Gasteiger partial charge in [0.25, 0.3) is 5.91 Å². The second-order valence-corrected chi connectivity index (χ2v) is 11.1. The molecule has 0 bridgehead atoms. The van der Waals surface area contributed by atoms with E-state index in [4.69, 9.17) is 4.74 Å². The molecule has 10 nitrogen and oxygen atoms in total. The van der Waals surface area contributed by atoms with E-state index in [1.54, 1.807) is 12.4 Å². The van der Waals surface area contributed by atoms with Crippen LogP contribution in [0.15, 0.2) is 49.2 Å². The zero-order valence-corrected chi connectivity index (χ0v) is 22.9. The second kappa shape index (κ2) is 10.3. The molecule has 4 heterocycles. The van der Waals surface area contributed by atoms with E-state index in [1.807, 2.05) is 32.9 Å². The molecule has 11 heteroatoms. The van der Waals surface area contributed by atoms with Crippen molar-refractivity contribution in [1.82, 2.24) is 30.2 Å². The van der Waals surface area contributed by atoms with Gasteiger partial charge < -0.3 is 20.4 Å². The van der Waals surface area contributed by atoms with Crippen LogP contribution >= 0.6 is 22.6 Å². The molecule has 0 aliphatic carbocycles. The Kier molecular flexibility index (Phi) is 7.10. The van der Waals surface area contributed by atoms with Crippen LogP contribution in [0.2, 0.25) is 0 Å². The van der Waals surface area contributed by atoms with Crippen LogP contribution in [-0.4, -0.2) is 74.0 Å². The first-order chi connectivity index (χ1) is 17.7. The summed E-state index contributed by atoms with van der Waals surface area (Å²) in [6.45, 7) is 7.16. The first kappa shape index (κ1) is 25.5. The highest BCUT2D eigenvalue weighted by atomic mass is 127. The van der Waals surface area contributed by atoms with Crippen LogP contribution in [0.3, 0.4) is 0 Å². The van der Waals surface area contributed by atoms with Crippen LogP contribution in [0.25, 0.3) is 21.8 Å². The van der Waals surface area contributed by atoms with Crippen LogP contribution in [0.5, 0.6) is 0 Å². The van der Waals surface area contributed by atoms with Gasteiger partial charge in [0, 0.05) is 52.1 Å². The van der Waals surface area contributed by atoms with Gasteiger partial charge in [0.1, 0.15) is 11.7 Å². The minimum Gasteiger partial charge on any atom is -0.372 e. The largest absolute Gasteiger partial charge is 0.372 e. The lowest BCUT2D eigenvalue weighted by Gasteiger charge is -2.43. The van der Waals surface area contributed by atoms with E-state index >= 15 is 0 Å². The van der Waals surface area contributed by atoms with Gasteiger partial charge in [-0.25, -0.2) is 4.98 Å². The molecule has 0 saturated carbocycles. The molecular weight excluding hydrogens is 585 g/mol. The number of nitrogens with one attached hydrogen (secondary N) is 3. The molecule has 1 aliphatic rings. The maximum absolute atomic E-state index is 13.6. The van der Waals surface area contributed by atoms with Crippen LogP contribution in [0.4, 0.5) is 5.69 Å². The minimum atomic E-state index is -0.525. The monoisotopic (exact) mass is 613 g/mol. The number of rotatable bonds is 6. The summed E-state index contributed by atoms with van der Waals surface area (Å²) >= 11 is 2.26. The summed E-state index contributed by atoms with van der Waals surface area (Å²) in [6, 6.07) is 5.24. The number of hydrogen-bond donors (Lipinski definition) is 3. The van der Waals surface area contributed by atoms with Gasteiger partial charge in [-0.15, -0.1) is 0 Å². The third-order valence-corrected chi connectivity index (χ3v) is 7.00. The van der Waals surface area contributed by atoms with Crippen molar-refractivity contribution >= 4 is 61.9 Å². The average molecular weight is 613 g/mol. The quantitative estimate of drug-likeness (QED) is 0.285. The normalized spacial score (nSPS) is 18.5. The second-order valence-electron chi connectivity index (χ2n) is 9.89. The number of benzene rings is 1. The number of pyridine rings is 1. The van der Waals surface area contributed by atoms with E-state index < -0.39 is 11.6 Å². The number of carbonyl (C=O) groups excluding carboxylic acids is 2. The molecule has 1 unspecified atom stereocenters. The summed E-state index contributed by atoms with van der Waals surface area (Å²) in [5.41, 5.74) is 2.29. The summed E-state index contributed by atoms with van der Waals surface area (Å²) in [6.07, 6.45) is 7.97. The summed E-state index contributed by atoms with van der Waals surface area (Å²) in [5.74, 6) is -0.466. The number of anilines is 1. The van der Waals surface area contributed by atoms with Gasteiger partial charge in [0.05, 0.1) is 41.3 Å². The molecule has 37 heavy (non-hydrogen) atoms. The average Bonchev–Trinajstić information content (AvgIpc) is 3.23. The lowest BCUT2D eigenvalue weighted by molar-refractivity contribution is -0.143. The number of halogens is 1. The molecule has 0 spiro atoms. The fourth-order valence-electron chi connectivity index (χ4n) is 4.73. The van der Waals surface area contributed by atoms with Crippen molar-refractivity contribution in [2.24, 2.45) is 0 Å². The van der Waals surface area contributed by atoms with E-state index in [0.717, 1.165) is 25.4 Å². The first-order valence-corrected chi connectivity index (χ1v) is 13.1. The number of nitrogens with zero attached hydrogens (tertiary/aromatic N) is 4. The zero-order valence-electron chi connectivity index (χ0n) is 20.8. The fourth-order valence-corrected chi connectivity index (χ4v) is 5.35. The Morgan fingerprint density at radius 2 is 2.03 bits per heavy atom. The molecule has 3 aromatic heterocycles. The van der Waals surface area contributed by atoms with Gasteiger partial charge >= 0.3 is 0 Å². The molecule has 2 amide bonds. The standard InChI is InChI=1S/C26H28IN7O3/c1-15(31-24(35)21-11-29-6-7-30-21)12-34-14-26(2,3)37-13-22(34)25(36)33-19-9-16(27)8-18-17-4-5-28-10-20(17)32-23(18)19/h4-11,15,22,32H,12-14H2,1-3H3,(H,31,35)(H,33,36)/t15-,22?/m0/s1. The maximum atomic E-state index is 13.6. The van der Waals surface area contributed by atoms with E-state index in [0.29, 0.717) is 18.8 Å². The lowest BCUT2D eigenvalue weighted by Crippen LogP contribution is -2.60. The highest BCUT2D eigenvalue weighted by Crippen LogP contribution is 2.32. The third kappa shape index (κ3) is 5.58. The topological polar surface area (TPSA) is 125 Å². The Bertz CT molecular complexity index is 1460. The van der Waals surface area contributed by atoms with Crippen molar-refractivity contribution in [3.05, 3.63) is 58.4 Å². The molecule has 4 aromatic rings. The number of hydrogen-bond acceptors (Lipinski definition) is 7. The number of aromatic amines is 1. The fraction of sp³-hybridized carbons (Fsp3) is 0.346. The van der Waals surface area contributed by atoms with Crippen LogP contribution in [0.1, 0.15) is 31.3 Å². The molecular formula is C26H28IN7O3. The maximum Gasteiger partial charge on any atom is 0.271 e. The Labute approximate surface area is 227 Å². The van der Waals surface area contributed by atoms with Crippen molar-refractivity contribution in [3.8, 4) is 0 Å². The highest BCUT2D eigenvalue weighted by Gasteiger charge is 2.38. The first-order valence-electron chi connectivity index (χ1n) is 12.0. The lowest BCUT2D eigenvalue weighted by atomic mass is 10.0. The Balaban J connectivity index is 1.36. The smallest absolute Gasteiger partial charge is 0.271 e. The van der Waals surface area contributed by atoms with Gasteiger partial charge in [-0.1, -0.05) is 0 Å². The van der Waals surface area contributed by atoms with E-state index in [-0.39, 0.29) is 30.2 Å². The molecule has 5 rings (SSSR count). The van der Waals surface area contributed by atoms with Crippen molar-refractivity contribution in [3.63, 3.8) is 0 Å². The van der Waals surface area contributed by atoms with Gasteiger partial charge in [0.15, 0.2) is 0 Å². The number of aromatic nitrogens is 4. The zero-order chi connectivity index (χ0) is 26.2. The number of ether oxygens (including phenoxy) is 1. The number of fused-ring (bicyclic) bond motifs is 3. The summed E-state index contributed by atoms with van der Waals surface area (Å²) in [7, 11) is 0. The van der Waals surface area contributed by atoms with Crippen LogP contribution < -0.4 is 10.6 Å². The Hall–Kier alpha value is -3.16. The number of morpholine rings is 1. The van der Waals surface area contributed by atoms with Gasteiger partial charge in [-0.2, -0.15) is 0 Å². The molecule has 1 aliphatic heterocycles. The van der Waals surface area contributed by atoms with Gasteiger partial charge in [-0.3, -0.25) is 24.5 Å². The Morgan fingerprint density at radius 3 is 2.81 bits per heavy atom. The molecule has 0 radical (unpaired) electrons. The summed E-state index contributed by atoms with van der Waals surface area (Å²) in [5, 5.41) is 8.17. The van der Waals surface area contributed by atoms with Crippen molar-refractivity contribution in [2.75, 3.05) is 25.0 Å². The predicted octanol–water partition coefficient (Wildman–Crippen LogP) is 3.35. The molecule has 3 N–H and O–H groups in total. The summed E-state index contributed by atoms with van der Waals surface area (Å²) in [4.78, 5) is 43.9. The van der Waals surface area contributed by atoms with E-state index in [1.165, 1.54) is 18.6 Å². The molecule has 1 saturated heterocycles. The van der Waals surface area contributed by atoms with Gasteiger partial charge in [-0.05, 0) is 61.6 Å². The SMILES string of the molecule is C[C@@H](CN1CC(C)(C)OCC1C(=O)Nc1cc(I)cc2c1[nH]c1cnccc12)NC(=O)c1cnccn1. The van der Waals surface area contributed by atoms with Crippen LogP contribution in [-0.2, 0) is 9.53 Å². The molecule has 1 aromatic carbocycles. The summed E-state index contributed by atoms with van der Waals surface area (Å²) < 4.78 is 7.04. The van der Waals surface area contributed by atoms with E-state index in [9.17, 15) is 9.59 Å². The number of carbonyl (C=O) groups is 2. The predicted molar refractivity (Wildman–Crippen MR) is 149 cm³/mol. The van der Waals surface area contributed by atoms with E-state index in [2.05, 4.69) is 64.1 Å². The van der Waals surface area contributed by atoms with Crippen molar-refractivity contribution < 1.29 is 14.3 Å². The molecule has 2 atom stereocenters. The van der Waals surface area contributed by atoms with Crippen LogP contribution in [0, 0.1) is 3.57 Å².